The minimum atomic E-state index is 0.106. The monoisotopic (exact) mass is 406 g/mol. The Morgan fingerprint density at radius 1 is 0.375 bits per heavy atom. The molecule has 1 heteroatoms. The number of hydrogen-bond acceptors (Lipinski definition) is 1. The van der Waals surface area contributed by atoms with Gasteiger partial charge in [0.15, 0.2) is 5.43 Å². The molecule has 0 fully saturated rings. The van der Waals surface area contributed by atoms with Gasteiger partial charge in [0.2, 0.25) is 0 Å². The first-order valence-corrected chi connectivity index (χ1v) is 10.9. The highest BCUT2D eigenvalue weighted by Crippen LogP contribution is 2.46. The highest BCUT2D eigenvalue weighted by atomic mass is 16.1. The van der Waals surface area contributed by atoms with E-state index < -0.39 is 0 Å². The van der Waals surface area contributed by atoms with E-state index in [2.05, 4.69) is 48.5 Å². The summed E-state index contributed by atoms with van der Waals surface area (Å²) >= 11 is 0. The van der Waals surface area contributed by atoms with Gasteiger partial charge in [0, 0.05) is 21.9 Å². The van der Waals surface area contributed by atoms with E-state index >= 15 is 0 Å². The molecule has 0 amide bonds. The topological polar surface area (TPSA) is 17.1 Å². The molecule has 148 valence electrons. The molecule has 7 rings (SSSR count). The molecule has 0 aliphatic rings. The third kappa shape index (κ3) is 2.20. The molecule has 0 spiro atoms. The van der Waals surface area contributed by atoms with E-state index in [9.17, 15) is 4.79 Å². The molecule has 0 saturated carbocycles. The van der Waals surface area contributed by atoms with Crippen molar-refractivity contribution in [1.82, 2.24) is 0 Å². The van der Waals surface area contributed by atoms with Crippen molar-refractivity contribution in [3.8, 4) is 22.3 Å². The van der Waals surface area contributed by atoms with Gasteiger partial charge >= 0.3 is 0 Å². The van der Waals surface area contributed by atoms with E-state index in [-0.39, 0.29) is 5.43 Å². The molecule has 0 N–H and O–H groups in total. The first kappa shape index (κ1) is 17.5. The average Bonchev–Trinajstić information content (AvgIpc) is 3.17. The Labute approximate surface area is 184 Å². The van der Waals surface area contributed by atoms with Crippen LogP contribution in [0.5, 0.6) is 0 Å². The molecular weight excluding hydrogens is 388 g/mol. The first-order valence-electron chi connectivity index (χ1n) is 10.9. The Balaban J connectivity index is 1.86. The highest BCUT2D eigenvalue weighted by molar-refractivity contribution is 6.38. The zero-order valence-electron chi connectivity index (χ0n) is 17.3. The predicted molar refractivity (Wildman–Crippen MR) is 136 cm³/mol. The SMILES string of the molecule is O=c1c(-c2ccccc2)c2c3cccc4ccc5cccc(c2c1-c1ccccc1)c5c43. The van der Waals surface area contributed by atoms with Crippen molar-refractivity contribution in [2.24, 2.45) is 0 Å². The van der Waals surface area contributed by atoms with E-state index in [0.717, 1.165) is 43.8 Å². The van der Waals surface area contributed by atoms with Crippen molar-refractivity contribution in [2.45, 2.75) is 0 Å². The lowest BCUT2D eigenvalue weighted by Gasteiger charge is -2.14. The van der Waals surface area contributed by atoms with Crippen LogP contribution in [0.3, 0.4) is 0 Å². The van der Waals surface area contributed by atoms with Crippen LogP contribution < -0.4 is 5.43 Å². The molecule has 0 aliphatic carbocycles. The van der Waals surface area contributed by atoms with Gasteiger partial charge in [-0.3, -0.25) is 4.79 Å². The summed E-state index contributed by atoms with van der Waals surface area (Å²) in [4.78, 5) is 14.1. The second-order valence-electron chi connectivity index (χ2n) is 8.43. The zero-order valence-corrected chi connectivity index (χ0v) is 17.3. The van der Waals surface area contributed by atoms with Crippen LogP contribution in [0.25, 0.3) is 65.3 Å². The minimum absolute atomic E-state index is 0.106. The molecule has 7 aromatic rings. The van der Waals surface area contributed by atoms with Crippen LogP contribution in [-0.4, -0.2) is 0 Å². The standard InChI is InChI=1S/C31H18O/c32-31-27(19-9-3-1-4-10-19)29-23-15-7-13-21-17-18-22-14-8-16-24(26(22)25(21)23)30(29)28(31)20-11-5-2-6-12-20/h1-18H. The van der Waals surface area contributed by atoms with Crippen molar-refractivity contribution in [3.05, 3.63) is 119 Å². The molecule has 0 heterocycles. The number of benzene rings is 6. The van der Waals surface area contributed by atoms with Crippen LogP contribution >= 0.6 is 0 Å². The van der Waals surface area contributed by atoms with Gasteiger partial charge in [-0.2, -0.15) is 0 Å². The summed E-state index contributed by atoms with van der Waals surface area (Å²) in [7, 11) is 0. The van der Waals surface area contributed by atoms with Crippen molar-refractivity contribution < 1.29 is 0 Å². The first-order chi connectivity index (χ1) is 15.8. The molecular formula is C31H18O. The Kier molecular flexibility index (Phi) is 3.48. The van der Waals surface area contributed by atoms with Gasteiger partial charge in [-0.25, -0.2) is 0 Å². The quantitative estimate of drug-likeness (QED) is 0.267. The summed E-state index contributed by atoms with van der Waals surface area (Å²) in [6.45, 7) is 0. The lowest BCUT2D eigenvalue weighted by Crippen LogP contribution is -2.01. The molecule has 0 aromatic heterocycles. The second-order valence-corrected chi connectivity index (χ2v) is 8.43. The Morgan fingerprint density at radius 3 is 1.25 bits per heavy atom. The summed E-state index contributed by atoms with van der Waals surface area (Å²) in [6, 6.07) is 37.5. The van der Waals surface area contributed by atoms with Gasteiger partial charge in [0.05, 0.1) is 0 Å². The normalized spacial score (nSPS) is 11.9. The fourth-order valence-corrected chi connectivity index (χ4v) is 5.47. The third-order valence-electron chi connectivity index (χ3n) is 6.75. The predicted octanol–water partition coefficient (Wildman–Crippen LogP) is 7.87. The van der Waals surface area contributed by atoms with Crippen molar-refractivity contribution in [3.63, 3.8) is 0 Å². The van der Waals surface area contributed by atoms with Crippen molar-refractivity contribution in [2.75, 3.05) is 0 Å². The Bertz CT molecular complexity index is 1680. The maximum Gasteiger partial charge on any atom is 0.195 e. The van der Waals surface area contributed by atoms with Crippen molar-refractivity contribution >= 4 is 43.1 Å². The maximum atomic E-state index is 14.1. The molecule has 0 radical (unpaired) electrons. The molecule has 32 heavy (non-hydrogen) atoms. The molecule has 0 saturated heterocycles. The van der Waals surface area contributed by atoms with Crippen LogP contribution in [0.1, 0.15) is 0 Å². The molecule has 7 aromatic carbocycles. The molecule has 0 atom stereocenters. The third-order valence-corrected chi connectivity index (χ3v) is 6.75. The van der Waals surface area contributed by atoms with E-state index in [4.69, 9.17) is 0 Å². The van der Waals surface area contributed by atoms with Gasteiger partial charge in [-0.1, -0.05) is 109 Å². The summed E-state index contributed by atoms with van der Waals surface area (Å²) in [5.74, 6) is 0. The van der Waals surface area contributed by atoms with Crippen LogP contribution in [0.2, 0.25) is 0 Å². The molecule has 0 aliphatic heterocycles. The summed E-state index contributed by atoms with van der Waals surface area (Å²) in [6.07, 6.45) is 0. The van der Waals surface area contributed by atoms with E-state index in [1.807, 2.05) is 60.7 Å². The fraction of sp³-hybridized carbons (Fsp3) is 0. The second kappa shape index (κ2) is 6.38. The highest BCUT2D eigenvalue weighted by Gasteiger charge is 2.24. The van der Waals surface area contributed by atoms with Crippen LogP contribution in [0.4, 0.5) is 0 Å². The van der Waals surface area contributed by atoms with Gasteiger partial charge in [-0.05, 0) is 43.4 Å². The van der Waals surface area contributed by atoms with E-state index in [1.165, 1.54) is 21.5 Å². The lowest BCUT2D eigenvalue weighted by molar-refractivity contribution is 1.61. The summed E-state index contributed by atoms with van der Waals surface area (Å²) < 4.78 is 0. The van der Waals surface area contributed by atoms with Gasteiger partial charge in [0.1, 0.15) is 0 Å². The largest absolute Gasteiger partial charge is 0.289 e. The van der Waals surface area contributed by atoms with E-state index in [0.29, 0.717) is 0 Å². The fourth-order valence-electron chi connectivity index (χ4n) is 5.47. The number of fused-ring (bicyclic) bond motifs is 3. The van der Waals surface area contributed by atoms with Gasteiger partial charge < -0.3 is 0 Å². The Morgan fingerprint density at radius 2 is 0.812 bits per heavy atom. The lowest BCUT2D eigenvalue weighted by atomic mass is 9.88. The smallest absolute Gasteiger partial charge is 0.195 e. The molecule has 1 nitrogen and oxygen atoms in total. The summed E-state index contributed by atoms with van der Waals surface area (Å²) in [5.41, 5.74) is 3.66. The van der Waals surface area contributed by atoms with E-state index in [1.54, 1.807) is 0 Å². The minimum Gasteiger partial charge on any atom is -0.289 e. The van der Waals surface area contributed by atoms with Crippen molar-refractivity contribution in [1.29, 1.82) is 0 Å². The van der Waals surface area contributed by atoms with Crippen LogP contribution in [-0.2, 0) is 0 Å². The van der Waals surface area contributed by atoms with Gasteiger partial charge in [-0.15, -0.1) is 0 Å². The summed E-state index contributed by atoms with van der Waals surface area (Å²) in [5, 5.41) is 9.35. The molecule has 0 unspecified atom stereocenters. The Hall–Kier alpha value is -4.23. The number of hydrogen-bond donors (Lipinski definition) is 0. The maximum absolute atomic E-state index is 14.1. The average molecular weight is 406 g/mol. The van der Waals surface area contributed by atoms with Crippen LogP contribution in [0.15, 0.2) is 114 Å². The molecule has 0 bridgehead atoms. The zero-order chi connectivity index (χ0) is 21.2. The van der Waals surface area contributed by atoms with Crippen LogP contribution in [0, 0.1) is 0 Å². The number of rotatable bonds is 2. The van der Waals surface area contributed by atoms with Gasteiger partial charge in [0.25, 0.3) is 0 Å².